The Balaban J connectivity index is 1.65. The monoisotopic (exact) mass is 383 g/mol. The molecule has 0 aliphatic carbocycles. The Morgan fingerprint density at radius 1 is 0.966 bits per heavy atom. The fraction of sp³-hybridized carbons (Fsp3) is 0.240. The van der Waals surface area contributed by atoms with E-state index in [-0.39, 0.29) is 6.61 Å². The summed E-state index contributed by atoms with van der Waals surface area (Å²) in [6.45, 7) is 4.75. The van der Waals surface area contributed by atoms with E-state index in [9.17, 15) is 5.11 Å². The molecule has 5 rings (SSSR count). The zero-order valence-corrected chi connectivity index (χ0v) is 16.7. The summed E-state index contributed by atoms with van der Waals surface area (Å²) in [5, 5.41) is 10.1. The van der Waals surface area contributed by atoms with Crippen molar-refractivity contribution in [2.24, 2.45) is 0 Å². The number of anilines is 1. The van der Waals surface area contributed by atoms with E-state index >= 15 is 0 Å². The molecule has 2 aromatic heterocycles. The van der Waals surface area contributed by atoms with Crippen LogP contribution in [0.1, 0.15) is 27.9 Å². The number of nitrogens with zero attached hydrogens (tertiary/aromatic N) is 3. The van der Waals surface area contributed by atoms with Gasteiger partial charge in [0.2, 0.25) is 0 Å². The standard InChI is InChI=1S/C25H25N3O/c1-18-22(17-29)24-25(28(18)15-19-7-3-2-4-8-19)23(11-13-26-24)27-14-12-20-9-5-6-10-21(20)16-27/h2-11,13,29H,12,14-17H2,1H3. The lowest BCUT2D eigenvalue weighted by Gasteiger charge is -2.31. The van der Waals surface area contributed by atoms with E-state index in [0.717, 1.165) is 48.3 Å². The number of aliphatic hydroxyl groups excluding tert-OH is 1. The Morgan fingerprint density at radius 2 is 1.72 bits per heavy atom. The minimum Gasteiger partial charge on any atom is -0.392 e. The van der Waals surface area contributed by atoms with Crippen LogP contribution in [-0.4, -0.2) is 21.2 Å². The number of hydrogen-bond acceptors (Lipinski definition) is 3. The summed E-state index contributed by atoms with van der Waals surface area (Å²) in [5.41, 5.74) is 9.33. The molecule has 0 bridgehead atoms. The van der Waals surface area contributed by atoms with Gasteiger partial charge in [-0.2, -0.15) is 0 Å². The maximum absolute atomic E-state index is 10.1. The van der Waals surface area contributed by atoms with Crippen molar-refractivity contribution in [3.8, 4) is 0 Å². The van der Waals surface area contributed by atoms with Gasteiger partial charge in [-0.15, -0.1) is 0 Å². The molecule has 0 saturated carbocycles. The van der Waals surface area contributed by atoms with E-state index in [1.807, 2.05) is 12.3 Å². The average molecular weight is 383 g/mol. The van der Waals surface area contributed by atoms with Gasteiger partial charge < -0.3 is 14.6 Å². The van der Waals surface area contributed by atoms with Crippen molar-refractivity contribution in [1.29, 1.82) is 0 Å². The molecule has 146 valence electrons. The van der Waals surface area contributed by atoms with Gasteiger partial charge in [0.25, 0.3) is 0 Å². The first-order valence-electron chi connectivity index (χ1n) is 10.2. The first-order chi connectivity index (χ1) is 14.3. The van der Waals surface area contributed by atoms with Gasteiger partial charge in [0, 0.05) is 37.1 Å². The third-order valence-electron chi connectivity index (χ3n) is 6.11. The molecule has 29 heavy (non-hydrogen) atoms. The summed E-state index contributed by atoms with van der Waals surface area (Å²) in [4.78, 5) is 7.12. The molecule has 1 N–H and O–H groups in total. The molecule has 1 aliphatic heterocycles. The summed E-state index contributed by atoms with van der Waals surface area (Å²) in [7, 11) is 0. The van der Waals surface area contributed by atoms with Crippen LogP contribution in [-0.2, 0) is 26.1 Å². The summed E-state index contributed by atoms with van der Waals surface area (Å²) >= 11 is 0. The van der Waals surface area contributed by atoms with Gasteiger partial charge in [-0.1, -0.05) is 54.6 Å². The van der Waals surface area contributed by atoms with Crippen molar-refractivity contribution in [2.75, 3.05) is 11.4 Å². The number of hydrogen-bond donors (Lipinski definition) is 1. The van der Waals surface area contributed by atoms with Crippen LogP contribution < -0.4 is 4.90 Å². The molecule has 0 unspecified atom stereocenters. The smallest absolute Gasteiger partial charge is 0.0960 e. The first kappa shape index (κ1) is 18.0. The number of aliphatic hydroxyl groups is 1. The predicted octanol–water partition coefficient (Wildman–Crippen LogP) is 4.45. The van der Waals surface area contributed by atoms with E-state index in [4.69, 9.17) is 0 Å². The van der Waals surface area contributed by atoms with Gasteiger partial charge in [0.15, 0.2) is 0 Å². The number of benzene rings is 2. The first-order valence-corrected chi connectivity index (χ1v) is 10.2. The van der Waals surface area contributed by atoms with Crippen LogP contribution in [0.5, 0.6) is 0 Å². The maximum Gasteiger partial charge on any atom is 0.0960 e. The summed E-state index contributed by atoms with van der Waals surface area (Å²) in [5.74, 6) is 0. The van der Waals surface area contributed by atoms with Crippen LogP contribution in [0.15, 0.2) is 66.9 Å². The Bertz CT molecular complexity index is 1160. The van der Waals surface area contributed by atoms with Crippen LogP contribution >= 0.6 is 0 Å². The predicted molar refractivity (Wildman–Crippen MR) is 117 cm³/mol. The largest absolute Gasteiger partial charge is 0.392 e. The van der Waals surface area contributed by atoms with Crippen LogP contribution in [0.2, 0.25) is 0 Å². The second-order valence-electron chi connectivity index (χ2n) is 7.76. The molecular formula is C25H25N3O. The van der Waals surface area contributed by atoms with Crippen molar-refractivity contribution >= 4 is 16.7 Å². The van der Waals surface area contributed by atoms with E-state index in [2.05, 4.69) is 76.0 Å². The number of fused-ring (bicyclic) bond motifs is 2. The van der Waals surface area contributed by atoms with Crippen molar-refractivity contribution < 1.29 is 5.11 Å². The molecule has 0 fully saturated rings. The third-order valence-corrected chi connectivity index (χ3v) is 6.11. The Hall–Kier alpha value is -3.11. The second kappa shape index (κ2) is 7.37. The lowest BCUT2D eigenvalue weighted by molar-refractivity contribution is 0.282. The zero-order valence-electron chi connectivity index (χ0n) is 16.7. The van der Waals surface area contributed by atoms with E-state index in [0.29, 0.717) is 0 Å². The molecule has 2 aromatic carbocycles. The highest BCUT2D eigenvalue weighted by Crippen LogP contribution is 2.35. The summed E-state index contributed by atoms with van der Waals surface area (Å²) in [6, 6.07) is 21.3. The van der Waals surface area contributed by atoms with Gasteiger partial charge >= 0.3 is 0 Å². The van der Waals surface area contributed by atoms with Gasteiger partial charge in [0.1, 0.15) is 0 Å². The summed E-state index contributed by atoms with van der Waals surface area (Å²) in [6.07, 6.45) is 2.93. The molecule has 0 atom stereocenters. The van der Waals surface area contributed by atoms with E-state index in [1.165, 1.54) is 22.4 Å². The zero-order chi connectivity index (χ0) is 19.8. The van der Waals surface area contributed by atoms with Crippen molar-refractivity contribution in [3.63, 3.8) is 0 Å². The quantitative estimate of drug-likeness (QED) is 0.566. The highest BCUT2D eigenvalue weighted by atomic mass is 16.3. The lowest BCUT2D eigenvalue weighted by Crippen LogP contribution is -2.30. The van der Waals surface area contributed by atoms with Crippen LogP contribution in [0, 0.1) is 6.92 Å². The fourth-order valence-corrected chi connectivity index (χ4v) is 4.54. The number of aromatic nitrogens is 2. The van der Waals surface area contributed by atoms with Gasteiger partial charge in [0.05, 0.1) is 23.3 Å². The van der Waals surface area contributed by atoms with Gasteiger partial charge in [-0.05, 0) is 36.1 Å². The average Bonchev–Trinajstić information content (AvgIpc) is 3.05. The Kier molecular flexibility index (Phi) is 4.57. The van der Waals surface area contributed by atoms with Crippen molar-refractivity contribution in [1.82, 2.24) is 9.55 Å². The van der Waals surface area contributed by atoms with Crippen molar-refractivity contribution in [3.05, 3.63) is 94.8 Å². The number of pyridine rings is 1. The maximum atomic E-state index is 10.1. The molecule has 4 heteroatoms. The molecule has 4 aromatic rings. The molecule has 0 amide bonds. The van der Waals surface area contributed by atoms with Crippen LogP contribution in [0.25, 0.3) is 11.0 Å². The normalized spacial score (nSPS) is 13.7. The number of rotatable bonds is 4. The molecule has 1 aliphatic rings. The molecule has 0 saturated heterocycles. The van der Waals surface area contributed by atoms with Crippen LogP contribution in [0.4, 0.5) is 5.69 Å². The molecule has 0 spiro atoms. The summed E-state index contributed by atoms with van der Waals surface area (Å²) < 4.78 is 2.32. The molecule has 0 radical (unpaired) electrons. The van der Waals surface area contributed by atoms with E-state index < -0.39 is 0 Å². The van der Waals surface area contributed by atoms with Crippen molar-refractivity contribution in [2.45, 2.75) is 33.0 Å². The van der Waals surface area contributed by atoms with E-state index in [1.54, 1.807) is 0 Å². The van der Waals surface area contributed by atoms with Gasteiger partial charge in [-0.25, -0.2) is 0 Å². The molecule has 4 nitrogen and oxygen atoms in total. The highest BCUT2D eigenvalue weighted by Gasteiger charge is 2.23. The topological polar surface area (TPSA) is 41.3 Å². The molecular weight excluding hydrogens is 358 g/mol. The minimum atomic E-state index is 0.00338. The highest BCUT2D eigenvalue weighted by molar-refractivity contribution is 5.92. The fourth-order valence-electron chi connectivity index (χ4n) is 4.54. The van der Waals surface area contributed by atoms with Gasteiger partial charge in [-0.3, -0.25) is 4.98 Å². The minimum absolute atomic E-state index is 0.00338. The molecule has 3 heterocycles. The lowest BCUT2D eigenvalue weighted by atomic mass is 9.99. The SMILES string of the molecule is Cc1c(CO)c2nccc(N3CCc4ccccc4C3)c2n1Cc1ccccc1. The Labute approximate surface area is 171 Å². The second-order valence-corrected chi connectivity index (χ2v) is 7.76. The van der Waals surface area contributed by atoms with Crippen LogP contribution in [0.3, 0.4) is 0 Å². The third kappa shape index (κ3) is 3.10. The Morgan fingerprint density at radius 3 is 2.52 bits per heavy atom.